The molecule has 8 heteroatoms. The fourth-order valence-electron chi connectivity index (χ4n) is 4.01. The minimum atomic E-state index is -3.95. The lowest BCUT2D eigenvalue weighted by Crippen LogP contribution is -2.41. The first-order valence-corrected chi connectivity index (χ1v) is 11.9. The van der Waals surface area contributed by atoms with E-state index in [0.29, 0.717) is 43.3 Å². The predicted octanol–water partition coefficient (Wildman–Crippen LogP) is 3.30. The lowest BCUT2D eigenvalue weighted by Gasteiger charge is -2.33. The summed E-state index contributed by atoms with van der Waals surface area (Å²) in [5.41, 5.74) is 1.96. The Labute approximate surface area is 183 Å². The van der Waals surface area contributed by atoms with Crippen molar-refractivity contribution >= 4 is 16.0 Å². The molecule has 0 aromatic heterocycles. The summed E-state index contributed by atoms with van der Waals surface area (Å²) in [6.07, 6.45) is 1.53. The van der Waals surface area contributed by atoms with Gasteiger partial charge in [0.2, 0.25) is 0 Å². The maximum Gasteiger partial charge on any atom is 0.339 e. The Morgan fingerprint density at radius 1 is 1.00 bits per heavy atom. The van der Waals surface area contributed by atoms with Gasteiger partial charge < -0.3 is 18.6 Å². The smallest absolute Gasteiger partial charge is 0.339 e. The van der Waals surface area contributed by atoms with E-state index >= 15 is 0 Å². The van der Waals surface area contributed by atoms with Gasteiger partial charge in [-0.2, -0.15) is 8.42 Å². The first-order chi connectivity index (χ1) is 14.8. The highest BCUT2D eigenvalue weighted by Gasteiger charge is 2.32. The Morgan fingerprint density at radius 2 is 1.65 bits per heavy atom. The molecular weight excluding hydrogens is 418 g/mol. The zero-order valence-electron chi connectivity index (χ0n) is 17.7. The van der Waals surface area contributed by atoms with E-state index in [4.69, 9.17) is 13.7 Å². The van der Waals surface area contributed by atoms with E-state index in [2.05, 4.69) is 0 Å². The minimum Gasteiger partial charge on any atom is -0.379 e. The second kappa shape index (κ2) is 8.98. The fourth-order valence-corrected chi connectivity index (χ4v) is 5.25. The summed E-state index contributed by atoms with van der Waals surface area (Å²) in [7, 11) is -3.95. The van der Waals surface area contributed by atoms with Crippen LogP contribution in [0.5, 0.6) is 5.75 Å². The van der Waals surface area contributed by atoms with Gasteiger partial charge in [0.15, 0.2) is 6.29 Å². The van der Waals surface area contributed by atoms with E-state index < -0.39 is 10.1 Å². The third kappa shape index (κ3) is 4.92. The van der Waals surface area contributed by atoms with E-state index in [-0.39, 0.29) is 22.8 Å². The highest BCUT2D eigenvalue weighted by Crippen LogP contribution is 2.27. The topological polar surface area (TPSA) is 82.1 Å². The molecule has 2 aromatic carbocycles. The molecule has 0 radical (unpaired) electrons. The Hall–Kier alpha value is -2.42. The zero-order valence-corrected chi connectivity index (χ0v) is 18.6. The predicted molar refractivity (Wildman–Crippen MR) is 114 cm³/mol. The normalized spacial score (nSPS) is 18.3. The van der Waals surface area contributed by atoms with Crippen LogP contribution in [0.25, 0.3) is 0 Å². The monoisotopic (exact) mass is 445 g/mol. The SMILES string of the molecule is Cc1ccc(C)c(S(=O)(=O)Oc2ccc(C(=O)N3CCC(C4OCCO4)CC3)cc2)c1. The molecule has 2 aliphatic heterocycles. The number of carbonyl (C=O) groups is 1. The molecule has 31 heavy (non-hydrogen) atoms. The van der Waals surface area contributed by atoms with Gasteiger partial charge in [-0.3, -0.25) is 4.79 Å². The number of hydrogen-bond acceptors (Lipinski definition) is 6. The lowest BCUT2D eigenvalue weighted by atomic mass is 9.95. The van der Waals surface area contributed by atoms with Crippen molar-refractivity contribution in [1.82, 2.24) is 4.90 Å². The molecule has 4 rings (SSSR count). The van der Waals surface area contributed by atoms with Crippen LogP contribution < -0.4 is 4.18 Å². The Bertz CT molecular complexity index is 1040. The van der Waals surface area contributed by atoms with Crippen molar-refractivity contribution < 1.29 is 26.9 Å². The van der Waals surface area contributed by atoms with Gasteiger partial charge in [0.25, 0.3) is 5.91 Å². The zero-order chi connectivity index (χ0) is 22.0. The van der Waals surface area contributed by atoms with Gasteiger partial charge >= 0.3 is 10.1 Å². The summed E-state index contributed by atoms with van der Waals surface area (Å²) < 4.78 is 41.8. The van der Waals surface area contributed by atoms with Crippen LogP contribution in [0.15, 0.2) is 47.4 Å². The molecular formula is C23H27NO6S. The summed E-state index contributed by atoms with van der Waals surface area (Å²) in [5, 5.41) is 0. The maximum absolute atomic E-state index is 12.8. The van der Waals surface area contributed by atoms with Crippen LogP contribution in [0.1, 0.15) is 34.3 Å². The number of piperidine rings is 1. The van der Waals surface area contributed by atoms with Crippen molar-refractivity contribution in [3.8, 4) is 5.75 Å². The van der Waals surface area contributed by atoms with Crippen molar-refractivity contribution in [2.45, 2.75) is 37.9 Å². The number of nitrogens with zero attached hydrogens (tertiary/aromatic N) is 1. The van der Waals surface area contributed by atoms with E-state index in [0.717, 1.165) is 18.4 Å². The van der Waals surface area contributed by atoms with Crippen LogP contribution in [-0.4, -0.2) is 51.8 Å². The molecule has 0 saturated carbocycles. The molecule has 0 spiro atoms. The number of benzene rings is 2. The van der Waals surface area contributed by atoms with Crippen LogP contribution in [0.2, 0.25) is 0 Å². The Kier molecular flexibility index (Phi) is 6.31. The summed E-state index contributed by atoms with van der Waals surface area (Å²) in [6, 6.07) is 11.4. The van der Waals surface area contributed by atoms with Crippen LogP contribution in [-0.2, 0) is 19.6 Å². The Balaban J connectivity index is 1.39. The van der Waals surface area contributed by atoms with Gasteiger partial charge in [-0.05, 0) is 68.1 Å². The molecule has 0 unspecified atom stereocenters. The largest absolute Gasteiger partial charge is 0.379 e. The van der Waals surface area contributed by atoms with E-state index in [1.165, 1.54) is 12.1 Å². The van der Waals surface area contributed by atoms with Crippen molar-refractivity contribution in [1.29, 1.82) is 0 Å². The van der Waals surface area contributed by atoms with Crippen molar-refractivity contribution in [2.24, 2.45) is 5.92 Å². The number of carbonyl (C=O) groups excluding carboxylic acids is 1. The highest BCUT2D eigenvalue weighted by atomic mass is 32.2. The van der Waals surface area contributed by atoms with E-state index in [1.807, 2.05) is 17.9 Å². The molecule has 2 aliphatic rings. The average molecular weight is 446 g/mol. The quantitative estimate of drug-likeness (QED) is 0.657. The number of likely N-dealkylation sites (tertiary alicyclic amines) is 1. The van der Waals surface area contributed by atoms with Gasteiger partial charge in [0.1, 0.15) is 10.6 Å². The Morgan fingerprint density at radius 3 is 2.29 bits per heavy atom. The molecule has 0 N–H and O–H groups in total. The second-order valence-electron chi connectivity index (χ2n) is 8.07. The molecule has 0 bridgehead atoms. The molecule has 2 aromatic rings. The van der Waals surface area contributed by atoms with Gasteiger partial charge in [-0.15, -0.1) is 0 Å². The molecule has 0 atom stereocenters. The number of hydrogen-bond donors (Lipinski definition) is 0. The molecule has 7 nitrogen and oxygen atoms in total. The van der Waals surface area contributed by atoms with E-state index in [9.17, 15) is 13.2 Å². The van der Waals surface area contributed by atoms with E-state index in [1.54, 1.807) is 31.2 Å². The van der Waals surface area contributed by atoms with Crippen molar-refractivity contribution in [3.63, 3.8) is 0 Å². The van der Waals surface area contributed by atoms with Gasteiger partial charge in [-0.25, -0.2) is 0 Å². The first kappa shape index (κ1) is 21.8. The molecule has 166 valence electrons. The van der Waals surface area contributed by atoms with Crippen molar-refractivity contribution in [2.75, 3.05) is 26.3 Å². The third-order valence-electron chi connectivity index (χ3n) is 5.78. The van der Waals surface area contributed by atoms with Gasteiger partial charge in [-0.1, -0.05) is 12.1 Å². The molecule has 0 aliphatic carbocycles. The number of rotatable bonds is 5. The molecule has 2 saturated heterocycles. The number of aryl methyl sites for hydroxylation is 2. The standard InChI is InChI=1S/C23H27NO6S/c1-16-3-4-17(2)21(15-16)31(26,27)30-20-7-5-18(6-8-20)22(25)24-11-9-19(10-12-24)23-28-13-14-29-23/h3-8,15,19,23H,9-14H2,1-2H3. The molecule has 2 heterocycles. The highest BCUT2D eigenvalue weighted by molar-refractivity contribution is 7.87. The summed E-state index contributed by atoms with van der Waals surface area (Å²) in [6.45, 7) is 6.12. The lowest BCUT2D eigenvalue weighted by molar-refractivity contribution is -0.0956. The maximum atomic E-state index is 12.8. The minimum absolute atomic E-state index is 0.0735. The van der Waals surface area contributed by atoms with Crippen molar-refractivity contribution in [3.05, 3.63) is 59.2 Å². The third-order valence-corrected chi connectivity index (χ3v) is 7.17. The molecule has 1 amide bonds. The van der Waals surface area contributed by atoms with Gasteiger partial charge in [0, 0.05) is 24.6 Å². The first-order valence-electron chi connectivity index (χ1n) is 10.5. The summed E-state index contributed by atoms with van der Waals surface area (Å²) >= 11 is 0. The van der Waals surface area contributed by atoms with Gasteiger partial charge in [0.05, 0.1) is 13.2 Å². The summed E-state index contributed by atoms with van der Waals surface area (Å²) in [5.74, 6) is 0.417. The van der Waals surface area contributed by atoms with Crippen LogP contribution in [0, 0.1) is 19.8 Å². The van der Waals surface area contributed by atoms with Crippen LogP contribution in [0.4, 0.5) is 0 Å². The number of amides is 1. The van der Waals surface area contributed by atoms with Crippen LogP contribution in [0.3, 0.4) is 0 Å². The fraction of sp³-hybridized carbons (Fsp3) is 0.435. The number of ether oxygens (including phenoxy) is 2. The second-order valence-corrected chi connectivity index (χ2v) is 9.59. The van der Waals surface area contributed by atoms with Crippen LogP contribution >= 0.6 is 0 Å². The summed E-state index contributed by atoms with van der Waals surface area (Å²) in [4.78, 5) is 14.8. The average Bonchev–Trinajstić information content (AvgIpc) is 3.30. The molecule has 2 fully saturated rings.